The molecule has 3 nitrogen and oxygen atoms in total. The highest BCUT2D eigenvalue weighted by molar-refractivity contribution is 9.18. The maximum absolute atomic E-state index is 13.2. The first-order chi connectivity index (χ1) is 11.1. The number of hydrogen-bond donors (Lipinski definition) is 0. The van der Waals surface area contributed by atoms with Crippen LogP contribution in [-0.4, -0.2) is 17.1 Å². The molecule has 0 N–H and O–H groups in total. The average molecular weight is 375 g/mol. The molecule has 23 heavy (non-hydrogen) atoms. The Kier molecular flexibility index (Phi) is 6.25. The van der Waals surface area contributed by atoms with E-state index in [0.717, 1.165) is 5.56 Å². The fourth-order valence-corrected chi connectivity index (χ4v) is 2.86. The summed E-state index contributed by atoms with van der Waals surface area (Å²) in [7, 11) is 0. The molecule has 1 atom stereocenters. The standard InChI is InChI=1S/C19H19BrO3/c1-2-23-19(14-13-17(20)21,16-11-7-4-8-12-16)18(22)15-9-5-3-6-10-15/h3-12H,2,13-14H2,1H3. The third-order valence-electron chi connectivity index (χ3n) is 3.71. The van der Waals surface area contributed by atoms with Crippen molar-refractivity contribution < 1.29 is 14.3 Å². The number of rotatable bonds is 8. The summed E-state index contributed by atoms with van der Waals surface area (Å²) < 4.78 is 5.82. The van der Waals surface area contributed by atoms with Crippen LogP contribution in [-0.2, 0) is 15.1 Å². The smallest absolute Gasteiger partial charge is 0.199 e. The lowest BCUT2D eigenvalue weighted by Crippen LogP contribution is -2.39. The van der Waals surface area contributed by atoms with Gasteiger partial charge < -0.3 is 4.74 Å². The molecule has 120 valence electrons. The number of halogens is 1. The van der Waals surface area contributed by atoms with Gasteiger partial charge in [0.05, 0.1) is 0 Å². The first-order valence-electron chi connectivity index (χ1n) is 7.58. The van der Waals surface area contributed by atoms with Gasteiger partial charge in [0.25, 0.3) is 0 Å². The molecule has 0 heterocycles. The first-order valence-corrected chi connectivity index (χ1v) is 8.37. The molecule has 0 saturated heterocycles. The van der Waals surface area contributed by atoms with Gasteiger partial charge in [0.2, 0.25) is 0 Å². The Morgan fingerprint density at radius 1 is 1.00 bits per heavy atom. The molecule has 0 aliphatic heterocycles. The largest absolute Gasteiger partial charge is 0.362 e. The fourth-order valence-electron chi connectivity index (χ4n) is 2.66. The highest BCUT2D eigenvalue weighted by Gasteiger charge is 2.41. The minimum atomic E-state index is -1.15. The quantitative estimate of drug-likeness (QED) is 0.504. The van der Waals surface area contributed by atoms with Gasteiger partial charge in [-0.15, -0.1) is 0 Å². The van der Waals surface area contributed by atoms with Crippen LogP contribution in [0.1, 0.15) is 35.7 Å². The minimum absolute atomic E-state index is 0.125. The highest BCUT2D eigenvalue weighted by atomic mass is 79.9. The van der Waals surface area contributed by atoms with Gasteiger partial charge in [0.1, 0.15) is 0 Å². The summed E-state index contributed by atoms with van der Waals surface area (Å²) in [5, 5.41) is 0. The Labute approximate surface area is 144 Å². The molecule has 4 heteroatoms. The van der Waals surface area contributed by atoms with E-state index in [2.05, 4.69) is 15.9 Å². The minimum Gasteiger partial charge on any atom is -0.362 e. The molecule has 0 spiro atoms. The number of ether oxygens (including phenoxy) is 1. The molecule has 0 aromatic heterocycles. The topological polar surface area (TPSA) is 43.4 Å². The molecule has 1 unspecified atom stereocenters. The third kappa shape index (κ3) is 4.15. The number of ketones is 1. The SMILES string of the molecule is CCOC(CCC(=O)Br)(C(=O)c1ccccc1)c1ccccc1. The van der Waals surface area contributed by atoms with Crippen molar-refractivity contribution in [3.05, 3.63) is 71.8 Å². The maximum Gasteiger partial charge on any atom is 0.199 e. The van der Waals surface area contributed by atoms with Crippen molar-refractivity contribution in [1.82, 2.24) is 0 Å². The van der Waals surface area contributed by atoms with E-state index in [1.807, 2.05) is 55.5 Å². The van der Waals surface area contributed by atoms with Crippen LogP contribution < -0.4 is 0 Å². The molecule has 0 aliphatic rings. The maximum atomic E-state index is 13.2. The van der Waals surface area contributed by atoms with Crippen molar-refractivity contribution in [2.24, 2.45) is 0 Å². The second-order valence-electron chi connectivity index (χ2n) is 5.18. The van der Waals surface area contributed by atoms with Crippen LogP contribution in [0.5, 0.6) is 0 Å². The Bertz CT molecular complexity index is 655. The lowest BCUT2D eigenvalue weighted by atomic mass is 9.82. The van der Waals surface area contributed by atoms with Crippen molar-refractivity contribution in [3.63, 3.8) is 0 Å². The number of carbonyl (C=O) groups is 2. The Morgan fingerprint density at radius 2 is 1.57 bits per heavy atom. The van der Waals surface area contributed by atoms with Gasteiger partial charge in [-0.1, -0.05) is 60.7 Å². The molecule has 0 radical (unpaired) electrons. The van der Waals surface area contributed by atoms with Crippen LogP contribution in [0.4, 0.5) is 0 Å². The molecular weight excluding hydrogens is 356 g/mol. The summed E-state index contributed by atoms with van der Waals surface area (Å²) in [5.74, 6) is -0.125. The van der Waals surface area contributed by atoms with Gasteiger partial charge in [-0.3, -0.25) is 9.59 Å². The summed E-state index contributed by atoms with van der Waals surface area (Å²) in [6.07, 6.45) is 0.510. The van der Waals surface area contributed by atoms with Crippen LogP contribution in [0.25, 0.3) is 0 Å². The molecule has 2 rings (SSSR count). The Hall–Kier alpha value is -1.78. The van der Waals surface area contributed by atoms with E-state index in [-0.39, 0.29) is 16.9 Å². The molecule has 2 aromatic carbocycles. The number of carbonyl (C=O) groups excluding carboxylic acids is 2. The molecule has 0 bridgehead atoms. The van der Waals surface area contributed by atoms with E-state index in [9.17, 15) is 9.59 Å². The normalized spacial score (nSPS) is 13.3. The summed E-state index contributed by atoms with van der Waals surface area (Å²) in [4.78, 5) is 24.7. The Morgan fingerprint density at radius 3 is 2.09 bits per heavy atom. The number of benzene rings is 2. The van der Waals surface area contributed by atoms with Crippen molar-refractivity contribution >= 4 is 26.4 Å². The van der Waals surface area contributed by atoms with Crippen molar-refractivity contribution in [1.29, 1.82) is 0 Å². The van der Waals surface area contributed by atoms with Gasteiger partial charge in [-0.25, -0.2) is 0 Å². The second-order valence-corrected chi connectivity index (χ2v) is 6.06. The monoisotopic (exact) mass is 374 g/mol. The predicted octanol–water partition coefficient (Wildman–Crippen LogP) is 4.50. The number of hydrogen-bond acceptors (Lipinski definition) is 3. The lowest BCUT2D eigenvalue weighted by Gasteiger charge is -2.32. The zero-order chi connectivity index (χ0) is 16.7. The highest BCUT2D eigenvalue weighted by Crippen LogP contribution is 2.35. The van der Waals surface area contributed by atoms with Gasteiger partial charge in [0, 0.05) is 18.6 Å². The summed E-state index contributed by atoms with van der Waals surface area (Å²) in [5.41, 5.74) is 0.192. The summed E-state index contributed by atoms with van der Waals surface area (Å²) in [6.45, 7) is 2.23. The summed E-state index contributed by atoms with van der Waals surface area (Å²) >= 11 is 2.95. The van der Waals surface area contributed by atoms with Crippen LogP contribution in [0, 0.1) is 0 Å². The molecule has 0 saturated carbocycles. The molecule has 2 aromatic rings. The van der Waals surface area contributed by atoms with E-state index in [1.165, 1.54) is 0 Å². The van der Waals surface area contributed by atoms with Crippen molar-refractivity contribution in [2.75, 3.05) is 6.61 Å². The van der Waals surface area contributed by atoms with Crippen molar-refractivity contribution in [2.45, 2.75) is 25.4 Å². The van der Waals surface area contributed by atoms with Gasteiger partial charge >= 0.3 is 0 Å². The molecule has 0 amide bonds. The predicted molar refractivity (Wildman–Crippen MR) is 93.7 cm³/mol. The summed E-state index contributed by atoms with van der Waals surface area (Å²) in [6, 6.07) is 18.4. The van der Waals surface area contributed by atoms with Crippen LogP contribution in [0.3, 0.4) is 0 Å². The van der Waals surface area contributed by atoms with Gasteiger partial charge in [-0.2, -0.15) is 0 Å². The van der Waals surface area contributed by atoms with E-state index in [1.54, 1.807) is 12.1 Å². The fraction of sp³-hybridized carbons (Fsp3) is 0.263. The average Bonchev–Trinajstić information content (AvgIpc) is 2.59. The second kappa shape index (κ2) is 8.18. The number of Topliss-reactive ketones (excluding diaryl/α,β-unsaturated/α-hetero) is 1. The van der Waals surface area contributed by atoms with Crippen LogP contribution in [0.15, 0.2) is 60.7 Å². The third-order valence-corrected chi connectivity index (χ3v) is 4.10. The van der Waals surface area contributed by atoms with E-state index in [0.29, 0.717) is 18.6 Å². The van der Waals surface area contributed by atoms with E-state index >= 15 is 0 Å². The molecule has 0 aliphatic carbocycles. The van der Waals surface area contributed by atoms with E-state index in [4.69, 9.17) is 4.74 Å². The van der Waals surface area contributed by atoms with Gasteiger partial charge in [0.15, 0.2) is 16.1 Å². The zero-order valence-corrected chi connectivity index (χ0v) is 14.6. The molecular formula is C19H19BrO3. The lowest BCUT2D eigenvalue weighted by molar-refractivity contribution is -0.111. The first kappa shape index (κ1) is 17.6. The van der Waals surface area contributed by atoms with Gasteiger partial charge in [-0.05, 0) is 34.8 Å². The van der Waals surface area contributed by atoms with Crippen LogP contribution >= 0.6 is 15.9 Å². The van der Waals surface area contributed by atoms with Crippen molar-refractivity contribution in [3.8, 4) is 0 Å². The Balaban J connectivity index is 2.51. The van der Waals surface area contributed by atoms with E-state index < -0.39 is 5.60 Å². The van der Waals surface area contributed by atoms with Crippen LogP contribution in [0.2, 0.25) is 0 Å². The molecule has 0 fully saturated rings. The zero-order valence-electron chi connectivity index (χ0n) is 13.0.